The van der Waals surface area contributed by atoms with Crippen LogP contribution in [0, 0.1) is 50.9 Å². The van der Waals surface area contributed by atoms with Gasteiger partial charge in [0, 0.05) is 133 Å². The fourth-order valence-electron chi connectivity index (χ4n) is 17.0. The fourth-order valence-corrected chi connectivity index (χ4v) is 17.7. The second-order valence-electron chi connectivity index (χ2n) is 37.2. The highest BCUT2D eigenvalue weighted by atomic mass is 35.5. The maximum absolute atomic E-state index is 14.9. The minimum atomic E-state index is -0.429. The molecular formula is C115H121Cl3F2N14O12. The van der Waals surface area contributed by atoms with Crippen molar-refractivity contribution in [2.24, 2.45) is 0 Å². The highest BCUT2D eigenvalue weighted by molar-refractivity contribution is 6.33. The lowest BCUT2D eigenvalue weighted by Gasteiger charge is -2.31. The molecule has 7 N–H and O–H groups in total. The van der Waals surface area contributed by atoms with E-state index in [0.717, 1.165) is 98.0 Å². The van der Waals surface area contributed by atoms with Gasteiger partial charge >= 0.3 is 0 Å². The molecule has 0 saturated carbocycles. The summed E-state index contributed by atoms with van der Waals surface area (Å²) in [5, 5.41) is 51.6. The standard InChI is InChI=1S/C31H35ClN4O3.C29H29FN4O3.C28H29ClFN3O3.C27H28ClN3O3/c1-21(2)39-29-11-10-25(18-27(29)32)31(37)33-26(19-35-13-15-38-16-14-35)17-23-6-8-24(9-7-23)28-20-36-12-4-5-22(3)30(36)34-28;1-18(2)37-25-11-10-22(16-23(25)17-31)29(36)32-24(12-14-35)15-20-6-8-21(9-7-20)26-27(30)34-13-4-5-19(3)28(34)33-26;1-17(2)36-24-11-10-21(16-23(24)29)28(35)31-22(12-14-34)15-19-6-8-20(9-7-19)25-26(30)33-13-4-5-18(3)27(33)32-25;1-17(2)34-25-11-10-21(14-23(25)28)27(33)29-22(16-32)13-19-6-8-20(9-7-19)24-15-31-12-4-5-18(3)26(31)30-24/h4-12,18,20-21,26H,13-17,19H2,1-3H3,(H,33,37);4-11,13,16,18,24,35H,12,14-15H2,1-3H3,(H,32,36);4-11,13,16-17,22,34H,12,14-15H2,1-3H3,(H,31,35);4-12,14-15,17,22,32H,13,16H2,1-3H3,(H,29,33)/t26-;24-;2*22-/m0110/s1. The molecule has 1 fully saturated rings. The SMILES string of the molecule is Cc1cccn2c(F)c(-c3ccc(C[C@@H](CCO)NC(=O)c4ccc(OC(C)C)c(C#N)c4)cc3)nc12.Cc1cccn2c(F)c(-c3ccc(C[C@@H](CCO)NC(=O)c4ccc(OC(C)C)c(Cl)c4)cc3)nc12.Cc1cccn2cc(-c3ccc(C[C@@H](CN4CCOCC4)NC(=O)c4ccc(OC(C)C)c(Cl)c4)cc3)nc12.Cc1cccn2cc(-c3ccc(C[C@@H](CO)NC(=O)c4ccc(OC(C)C)c(Cl)c4)cc3)nc12. The van der Waals surface area contributed by atoms with E-state index in [1.807, 2.05) is 190 Å². The number of nitrogens with one attached hydrogen (secondary N) is 4. The molecule has 1 saturated heterocycles. The third kappa shape index (κ3) is 28.2. The molecule has 0 bridgehead atoms. The maximum Gasteiger partial charge on any atom is 0.251 e. The molecule has 9 heterocycles. The van der Waals surface area contributed by atoms with Crippen molar-refractivity contribution in [3.05, 3.63) is 355 Å². The Hall–Kier alpha value is -14.4. The van der Waals surface area contributed by atoms with Gasteiger partial charge in [-0.05, 0) is 263 Å². The largest absolute Gasteiger partial charge is 0.490 e. The second kappa shape index (κ2) is 50.4. The number of ether oxygens (including phenoxy) is 5. The Balaban J connectivity index is 0.000000154. The minimum absolute atomic E-state index is 0.00305. The van der Waals surface area contributed by atoms with Crippen LogP contribution in [-0.2, 0) is 30.4 Å². The number of aryl methyl sites for hydroxylation is 4. The molecule has 8 aromatic heterocycles. The molecule has 16 aromatic rings. The van der Waals surface area contributed by atoms with Crippen molar-refractivity contribution in [2.75, 3.05) is 52.7 Å². The van der Waals surface area contributed by atoms with E-state index in [4.69, 9.17) is 68.5 Å². The van der Waals surface area contributed by atoms with E-state index >= 15 is 0 Å². The van der Waals surface area contributed by atoms with Crippen molar-refractivity contribution in [3.63, 3.8) is 0 Å². The van der Waals surface area contributed by atoms with Crippen LogP contribution in [0.4, 0.5) is 8.78 Å². The van der Waals surface area contributed by atoms with E-state index in [9.17, 15) is 48.5 Å². The van der Waals surface area contributed by atoms with Gasteiger partial charge in [0.15, 0.2) is 0 Å². The first-order chi connectivity index (χ1) is 70.2. The Labute approximate surface area is 863 Å². The Morgan fingerprint density at radius 2 is 0.719 bits per heavy atom. The number of pyridine rings is 4. The Kier molecular flexibility index (Phi) is 37.1. The lowest BCUT2D eigenvalue weighted by Crippen LogP contribution is -2.48. The molecule has 0 aliphatic carbocycles. The van der Waals surface area contributed by atoms with Crippen molar-refractivity contribution < 1.29 is 67.0 Å². The molecule has 4 atom stereocenters. The number of morpholine rings is 1. The van der Waals surface area contributed by atoms with Gasteiger partial charge in [0.25, 0.3) is 23.6 Å². The van der Waals surface area contributed by atoms with Gasteiger partial charge in [-0.1, -0.05) is 156 Å². The number of hydrogen-bond acceptors (Lipinski definition) is 18. The van der Waals surface area contributed by atoms with E-state index in [2.05, 4.69) is 90.1 Å². The fraction of sp³-hybridized carbons (Fsp3) is 0.296. The number of imidazole rings is 4. The minimum Gasteiger partial charge on any atom is -0.490 e. The molecule has 8 aromatic carbocycles. The number of nitrogens with zero attached hydrogens (tertiary/aromatic N) is 10. The zero-order valence-corrected chi connectivity index (χ0v) is 85.9. The summed E-state index contributed by atoms with van der Waals surface area (Å²) in [7, 11) is 0. The number of hydrogen-bond donors (Lipinski definition) is 7. The molecule has 0 unspecified atom stereocenters. The third-order valence-electron chi connectivity index (χ3n) is 24.3. The quantitative estimate of drug-likeness (QED) is 0.0194. The number of benzene rings is 8. The first-order valence-corrected chi connectivity index (χ1v) is 49.9. The predicted molar refractivity (Wildman–Crippen MR) is 568 cm³/mol. The van der Waals surface area contributed by atoms with Gasteiger partial charge < -0.3 is 69.1 Å². The Bertz CT molecular complexity index is 7260. The number of aliphatic hydroxyl groups is 3. The van der Waals surface area contributed by atoms with Crippen LogP contribution in [0.15, 0.2) is 256 Å². The number of halogens is 5. The number of carbonyl (C=O) groups excluding carboxylic acids is 4. The van der Waals surface area contributed by atoms with Crippen molar-refractivity contribution >= 4 is 81.0 Å². The van der Waals surface area contributed by atoms with Crippen LogP contribution in [0.1, 0.15) is 160 Å². The summed E-state index contributed by atoms with van der Waals surface area (Å²) in [6.45, 7) is 26.6. The van der Waals surface area contributed by atoms with E-state index in [1.165, 1.54) is 14.9 Å². The zero-order valence-electron chi connectivity index (χ0n) is 83.6. The number of nitriles is 1. The van der Waals surface area contributed by atoms with E-state index in [-0.39, 0.29) is 103 Å². The highest BCUT2D eigenvalue weighted by Gasteiger charge is 2.27. The van der Waals surface area contributed by atoms with Crippen molar-refractivity contribution in [1.82, 2.24) is 63.7 Å². The summed E-state index contributed by atoms with van der Waals surface area (Å²) >= 11 is 18.9. The van der Waals surface area contributed by atoms with Gasteiger partial charge in [-0.25, -0.2) is 19.9 Å². The molecule has 146 heavy (non-hydrogen) atoms. The van der Waals surface area contributed by atoms with E-state index in [1.54, 1.807) is 103 Å². The average molecular weight is 2040 g/mol. The summed E-state index contributed by atoms with van der Waals surface area (Å²) in [6.07, 6.45) is 14.1. The first kappa shape index (κ1) is 107. The van der Waals surface area contributed by atoms with E-state index < -0.39 is 17.9 Å². The zero-order chi connectivity index (χ0) is 104. The normalized spacial score (nSPS) is 12.9. The molecule has 17 rings (SSSR count). The van der Waals surface area contributed by atoms with Crippen molar-refractivity contribution in [2.45, 2.75) is 170 Å². The smallest absolute Gasteiger partial charge is 0.251 e. The van der Waals surface area contributed by atoms with E-state index in [0.29, 0.717) is 134 Å². The van der Waals surface area contributed by atoms with Crippen LogP contribution >= 0.6 is 34.8 Å². The van der Waals surface area contributed by atoms with Crippen molar-refractivity contribution in [1.29, 1.82) is 5.26 Å². The molecule has 4 amide bonds. The van der Waals surface area contributed by atoms with Crippen LogP contribution in [0.2, 0.25) is 15.1 Å². The highest BCUT2D eigenvalue weighted by Crippen LogP contribution is 2.35. The number of aromatic nitrogens is 8. The molecule has 31 heteroatoms. The molecule has 1 aliphatic heterocycles. The van der Waals surface area contributed by atoms with Gasteiger partial charge in [-0.15, -0.1) is 0 Å². The third-order valence-corrected chi connectivity index (χ3v) is 25.2. The number of amides is 4. The van der Waals surface area contributed by atoms with Gasteiger partial charge in [0.2, 0.25) is 11.9 Å². The van der Waals surface area contributed by atoms with Gasteiger partial charge in [0.1, 0.15) is 63.0 Å². The summed E-state index contributed by atoms with van der Waals surface area (Å²) in [4.78, 5) is 72.6. The Morgan fingerprint density at radius 3 is 1.05 bits per heavy atom. The summed E-state index contributed by atoms with van der Waals surface area (Å²) in [5.41, 5.74) is 18.9. The Morgan fingerprint density at radius 1 is 0.404 bits per heavy atom. The van der Waals surface area contributed by atoms with Crippen LogP contribution < -0.4 is 40.2 Å². The summed E-state index contributed by atoms with van der Waals surface area (Å²) in [6, 6.07) is 67.4. The van der Waals surface area contributed by atoms with Crippen molar-refractivity contribution in [3.8, 4) is 74.1 Å². The number of fused-ring (bicyclic) bond motifs is 4. The molecule has 26 nitrogen and oxygen atoms in total. The maximum atomic E-state index is 14.9. The van der Waals surface area contributed by atoms with Gasteiger partial charge in [0.05, 0.1) is 82.3 Å². The van der Waals surface area contributed by atoms with Crippen LogP contribution in [0.25, 0.3) is 67.6 Å². The molecule has 0 spiro atoms. The van der Waals surface area contributed by atoms with Gasteiger partial charge in [-0.2, -0.15) is 14.0 Å². The topological polar surface area (TPSA) is 319 Å². The number of rotatable bonds is 35. The second-order valence-corrected chi connectivity index (χ2v) is 38.4. The lowest BCUT2D eigenvalue weighted by molar-refractivity contribution is 0.0333. The molecule has 0 radical (unpaired) electrons. The van der Waals surface area contributed by atoms with Crippen LogP contribution in [0.3, 0.4) is 0 Å². The number of aliphatic hydroxyl groups excluding tert-OH is 3. The monoisotopic (exact) mass is 2030 g/mol. The van der Waals surface area contributed by atoms with Crippen LogP contribution in [-0.4, -0.2) is 183 Å². The molecule has 758 valence electrons. The predicted octanol–water partition coefficient (Wildman–Crippen LogP) is 21.0. The average Bonchev–Trinajstić information content (AvgIpc) is 1.64. The van der Waals surface area contributed by atoms with Gasteiger partial charge in [-0.3, -0.25) is 32.9 Å². The first-order valence-electron chi connectivity index (χ1n) is 48.7. The summed E-state index contributed by atoms with van der Waals surface area (Å²) in [5.74, 6) is 0.160. The van der Waals surface area contributed by atoms with Crippen LogP contribution in [0.5, 0.6) is 23.0 Å². The molecule has 1 aliphatic rings. The number of carbonyl (C=O) groups is 4. The summed E-state index contributed by atoms with van der Waals surface area (Å²) < 4.78 is 64.9. The molecular weight excluding hydrogens is 1910 g/mol. The lowest BCUT2D eigenvalue weighted by atomic mass is 10.0.